The van der Waals surface area contributed by atoms with Crippen LogP contribution in [0.3, 0.4) is 0 Å². The molecule has 1 aliphatic rings. The van der Waals surface area contributed by atoms with Gasteiger partial charge < -0.3 is 0 Å². The zero-order chi connectivity index (χ0) is 19.7. The van der Waals surface area contributed by atoms with Gasteiger partial charge in [-0.1, -0.05) is 19.1 Å². The lowest BCUT2D eigenvalue weighted by molar-refractivity contribution is -0.122. The average molecular weight is 396 g/mol. The number of aromatic nitrogens is 2. The molecule has 2 heterocycles. The number of aryl methyl sites for hydroxylation is 1. The number of thiophene rings is 1. The van der Waals surface area contributed by atoms with Crippen LogP contribution < -0.4 is 16.3 Å². The molecular weight excluding hydrogens is 376 g/mol. The van der Waals surface area contributed by atoms with Crippen LogP contribution in [-0.2, 0) is 24.2 Å². The van der Waals surface area contributed by atoms with Gasteiger partial charge in [0.05, 0.1) is 16.6 Å². The first-order valence-corrected chi connectivity index (χ1v) is 9.98. The molecule has 1 aromatic carbocycles. The Morgan fingerprint density at radius 2 is 2.11 bits per heavy atom. The molecule has 0 aliphatic heterocycles. The van der Waals surface area contributed by atoms with Crippen molar-refractivity contribution in [2.45, 2.75) is 32.7 Å². The van der Waals surface area contributed by atoms with Crippen molar-refractivity contribution in [1.29, 1.82) is 0 Å². The van der Waals surface area contributed by atoms with E-state index in [9.17, 15) is 14.4 Å². The fraction of sp³-hybridized carbons (Fsp3) is 0.300. The SMILES string of the molecule is C[C@@H]1CCc2sc(C(=O)NNC(=O)Cn3ncc(=O)c4ccccc43)cc2C1. The van der Waals surface area contributed by atoms with E-state index in [1.807, 2.05) is 6.07 Å². The number of hydrogen-bond donors (Lipinski definition) is 2. The molecule has 1 aliphatic carbocycles. The van der Waals surface area contributed by atoms with E-state index >= 15 is 0 Å². The maximum Gasteiger partial charge on any atom is 0.279 e. The number of amides is 2. The van der Waals surface area contributed by atoms with E-state index in [0.29, 0.717) is 21.7 Å². The largest absolute Gasteiger partial charge is 0.287 e. The molecule has 144 valence electrons. The molecule has 3 aromatic rings. The minimum absolute atomic E-state index is 0.112. The highest BCUT2D eigenvalue weighted by molar-refractivity contribution is 7.14. The fourth-order valence-corrected chi connectivity index (χ4v) is 4.57. The van der Waals surface area contributed by atoms with Gasteiger partial charge in [-0.05, 0) is 48.9 Å². The summed E-state index contributed by atoms with van der Waals surface area (Å²) in [5.41, 5.74) is 6.50. The summed E-state index contributed by atoms with van der Waals surface area (Å²) in [6.07, 6.45) is 4.33. The zero-order valence-corrected chi connectivity index (χ0v) is 16.2. The van der Waals surface area contributed by atoms with Crippen molar-refractivity contribution in [2.24, 2.45) is 5.92 Å². The second-order valence-electron chi connectivity index (χ2n) is 7.09. The van der Waals surface area contributed by atoms with Gasteiger partial charge in [0.25, 0.3) is 11.8 Å². The molecule has 28 heavy (non-hydrogen) atoms. The van der Waals surface area contributed by atoms with E-state index in [4.69, 9.17) is 0 Å². The van der Waals surface area contributed by atoms with Crippen LogP contribution in [0.4, 0.5) is 0 Å². The third-order valence-corrected chi connectivity index (χ3v) is 6.16. The van der Waals surface area contributed by atoms with E-state index in [-0.39, 0.29) is 17.9 Å². The molecule has 0 unspecified atom stereocenters. The Bertz CT molecular complexity index is 1120. The Hall–Kier alpha value is -3.00. The predicted octanol–water partition coefficient (Wildman–Crippen LogP) is 2.04. The van der Waals surface area contributed by atoms with Gasteiger partial charge in [0.2, 0.25) is 5.43 Å². The number of benzene rings is 1. The van der Waals surface area contributed by atoms with Gasteiger partial charge in [0, 0.05) is 10.3 Å². The van der Waals surface area contributed by atoms with Crippen LogP contribution >= 0.6 is 11.3 Å². The smallest absolute Gasteiger partial charge is 0.279 e. The van der Waals surface area contributed by atoms with Crippen LogP contribution in [0.1, 0.15) is 33.5 Å². The molecular formula is C20H20N4O3S. The maximum absolute atomic E-state index is 12.4. The number of hydrogen-bond acceptors (Lipinski definition) is 5. The molecule has 2 amide bonds. The zero-order valence-electron chi connectivity index (χ0n) is 15.4. The lowest BCUT2D eigenvalue weighted by Gasteiger charge is -2.16. The number of rotatable bonds is 3. The molecule has 7 nitrogen and oxygen atoms in total. The van der Waals surface area contributed by atoms with Gasteiger partial charge >= 0.3 is 0 Å². The van der Waals surface area contributed by atoms with Crippen LogP contribution in [0.25, 0.3) is 10.9 Å². The van der Waals surface area contributed by atoms with E-state index in [1.165, 1.54) is 32.7 Å². The molecule has 0 fully saturated rings. The van der Waals surface area contributed by atoms with E-state index in [1.54, 1.807) is 24.3 Å². The first-order chi connectivity index (χ1) is 13.5. The highest BCUT2D eigenvalue weighted by atomic mass is 32.1. The van der Waals surface area contributed by atoms with E-state index < -0.39 is 5.91 Å². The average Bonchev–Trinajstić information content (AvgIpc) is 3.12. The minimum Gasteiger partial charge on any atom is -0.287 e. The minimum atomic E-state index is -0.426. The number of carbonyl (C=O) groups is 2. The molecule has 4 rings (SSSR count). The van der Waals surface area contributed by atoms with Crippen LogP contribution in [0.2, 0.25) is 0 Å². The molecule has 2 aromatic heterocycles. The van der Waals surface area contributed by atoms with Gasteiger partial charge in [-0.2, -0.15) is 5.10 Å². The summed E-state index contributed by atoms with van der Waals surface area (Å²) in [7, 11) is 0. The lowest BCUT2D eigenvalue weighted by atomic mass is 9.90. The molecule has 0 saturated heterocycles. The number of hydrazine groups is 1. The van der Waals surface area contributed by atoms with Crippen LogP contribution in [0, 0.1) is 5.92 Å². The van der Waals surface area contributed by atoms with Crippen molar-refractivity contribution in [1.82, 2.24) is 20.6 Å². The number of fused-ring (bicyclic) bond motifs is 2. The summed E-state index contributed by atoms with van der Waals surface area (Å²) in [5.74, 6) is -0.111. The molecule has 2 N–H and O–H groups in total. The van der Waals surface area contributed by atoms with Gasteiger partial charge in [-0.3, -0.25) is 29.9 Å². The summed E-state index contributed by atoms with van der Waals surface area (Å²) in [5, 5.41) is 4.51. The standard InChI is InChI=1S/C20H20N4O3S/c1-12-6-7-17-13(8-12)9-18(28-17)20(27)23-22-19(26)11-24-15-5-3-2-4-14(15)16(25)10-21-24/h2-5,9-10,12H,6-8,11H2,1H3,(H,22,26)(H,23,27)/t12-/m1/s1. The van der Waals surface area contributed by atoms with Gasteiger partial charge in [-0.25, -0.2) is 0 Å². The highest BCUT2D eigenvalue weighted by Gasteiger charge is 2.21. The number of nitrogens with zero attached hydrogens (tertiary/aromatic N) is 2. The Balaban J connectivity index is 1.41. The number of nitrogens with one attached hydrogen (secondary N) is 2. The van der Waals surface area contributed by atoms with Gasteiger partial charge in [-0.15, -0.1) is 11.3 Å². The Morgan fingerprint density at radius 1 is 1.29 bits per heavy atom. The number of para-hydroxylation sites is 1. The summed E-state index contributed by atoms with van der Waals surface area (Å²) in [6.45, 7) is 2.11. The topological polar surface area (TPSA) is 93.1 Å². The summed E-state index contributed by atoms with van der Waals surface area (Å²) in [4.78, 5) is 38.4. The van der Waals surface area contributed by atoms with E-state index in [2.05, 4.69) is 22.9 Å². The fourth-order valence-electron chi connectivity index (χ4n) is 3.47. The van der Waals surface area contributed by atoms with Crippen LogP contribution in [0.15, 0.2) is 41.3 Å². The van der Waals surface area contributed by atoms with Crippen molar-refractivity contribution in [2.75, 3.05) is 0 Å². The Kier molecular flexibility index (Phi) is 4.95. The Labute approximate surface area is 165 Å². The second-order valence-corrected chi connectivity index (χ2v) is 8.23. The molecule has 0 bridgehead atoms. The van der Waals surface area contributed by atoms with Crippen molar-refractivity contribution in [3.63, 3.8) is 0 Å². The molecule has 8 heteroatoms. The quantitative estimate of drug-likeness (QED) is 0.663. The third-order valence-electron chi connectivity index (χ3n) is 4.92. The molecule has 0 spiro atoms. The monoisotopic (exact) mass is 396 g/mol. The first kappa shape index (κ1) is 18.4. The molecule has 0 saturated carbocycles. The normalized spacial score (nSPS) is 15.8. The molecule has 0 radical (unpaired) electrons. The Morgan fingerprint density at radius 3 is 2.96 bits per heavy atom. The van der Waals surface area contributed by atoms with Crippen molar-refractivity contribution < 1.29 is 9.59 Å². The summed E-state index contributed by atoms with van der Waals surface area (Å²) >= 11 is 1.49. The van der Waals surface area contributed by atoms with Crippen molar-refractivity contribution in [3.05, 3.63) is 62.1 Å². The highest BCUT2D eigenvalue weighted by Crippen LogP contribution is 2.32. The predicted molar refractivity (Wildman–Crippen MR) is 107 cm³/mol. The first-order valence-electron chi connectivity index (χ1n) is 9.17. The van der Waals surface area contributed by atoms with Gasteiger partial charge in [0.1, 0.15) is 6.54 Å². The van der Waals surface area contributed by atoms with Crippen LogP contribution in [-0.4, -0.2) is 21.6 Å². The number of carbonyl (C=O) groups excluding carboxylic acids is 2. The lowest BCUT2D eigenvalue weighted by Crippen LogP contribution is -2.43. The third kappa shape index (κ3) is 3.68. The van der Waals surface area contributed by atoms with E-state index in [0.717, 1.165) is 19.3 Å². The maximum atomic E-state index is 12.4. The van der Waals surface area contributed by atoms with Crippen molar-refractivity contribution in [3.8, 4) is 0 Å². The van der Waals surface area contributed by atoms with Crippen LogP contribution in [0.5, 0.6) is 0 Å². The second kappa shape index (κ2) is 7.55. The summed E-state index contributed by atoms with van der Waals surface area (Å²) < 4.78 is 1.43. The van der Waals surface area contributed by atoms with Crippen molar-refractivity contribution >= 4 is 34.1 Å². The molecule has 1 atom stereocenters. The summed E-state index contributed by atoms with van der Waals surface area (Å²) in [6, 6.07) is 8.88. The van der Waals surface area contributed by atoms with Gasteiger partial charge in [0.15, 0.2) is 0 Å².